The van der Waals surface area contributed by atoms with Crippen LogP contribution in [0.4, 0.5) is 5.69 Å². The molecule has 0 spiro atoms. The van der Waals surface area contributed by atoms with Crippen molar-refractivity contribution in [1.82, 2.24) is 9.61 Å². The topological polar surface area (TPSA) is 81.2 Å². The van der Waals surface area contributed by atoms with Gasteiger partial charge in [0.1, 0.15) is 22.0 Å². The zero-order chi connectivity index (χ0) is 23.7. The molecule has 1 aliphatic carbocycles. The predicted octanol–water partition coefficient (Wildman–Crippen LogP) is 4.60. The lowest BCUT2D eigenvalue weighted by molar-refractivity contribution is 0.0681. The van der Waals surface area contributed by atoms with Gasteiger partial charge >= 0.3 is 0 Å². The maximum Gasteiger partial charge on any atom is 0.258 e. The molecule has 0 radical (unpaired) electrons. The molecule has 9 heteroatoms. The van der Waals surface area contributed by atoms with Gasteiger partial charge in [-0.25, -0.2) is 4.52 Å². The van der Waals surface area contributed by atoms with Gasteiger partial charge in [-0.15, -0.1) is 16.4 Å². The highest BCUT2D eigenvalue weighted by Gasteiger charge is 2.32. The largest absolute Gasteiger partial charge is 0.496 e. The summed E-state index contributed by atoms with van der Waals surface area (Å²) in [6.45, 7) is 3.67. The van der Waals surface area contributed by atoms with E-state index in [2.05, 4.69) is 16.3 Å². The number of aromatic nitrogens is 2. The summed E-state index contributed by atoms with van der Waals surface area (Å²) in [7, 11) is 4.88. The molecule has 34 heavy (non-hydrogen) atoms. The number of thiazole rings is 1. The number of hydrogen-bond donors (Lipinski definition) is 0. The van der Waals surface area contributed by atoms with Gasteiger partial charge in [-0.3, -0.25) is 0 Å². The summed E-state index contributed by atoms with van der Waals surface area (Å²) in [6.07, 6.45) is 4.74. The minimum atomic E-state index is 0.481. The van der Waals surface area contributed by atoms with Crippen LogP contribution in [0.25, 0.3) is 16.1 Å². The van der Waals surface area contributed by atoms with Gasteiger partial charge in [0.05, 0.1) is 44.2 Å². The van der Waals surface area contributed by atoms with Crippen LogP contribution in [-0.2, 0) is 4.74 Å². The smallest absolute Gasteiger partial charge is 0.258 e. The molecular formula is C25H30N4O4S. The van der Waals surface area contributed by atoms with E-state index in [1.54, 1.807) is 44.8 Å². The summed E-state index contributed by atoms with van der Waals surface area (Å²) in [5.74, 6) is 3.11. The second-order valence-electron chi connectivity index (χ2n) is 8.97. The minimum absolute atomic E-state index is 0.481. The number of fused-ring (bicyclic) bond motifs is 1. The van der Waals surface area contributed by atoms with Crippen LogP contribution in [-0.4, -0.2) is 57.2 Å². The molecule has 8 nitrogen and oxygen atoms in total. The predicted molar refractivity (Wildman–Crippen MR) is 131 cm³/mol. The molecular weight excluding hydrogens is 452 g/mol. The fraction of sp³-hybridized carbons (Fsp3) is 0.520. The Hall–Kier alpha value is -2.96. The zero-order valence-electron chi connectivity index (χ0n) is 19.9. The molecule has 2 fully saturated rings. The standard InChI is InChI=1S/C25H30N4O4S/c1-30-20-10-18(12-26)11-21(31-2)22(20)19-15-34-25-23(24(32-3)27-29(19)25)28(13-16-4-5-16)14-17-6-8-33-9-7-17/h10-11,15-17H,4-9,13-14H2,1-3H3. The van der Waals surface area contributed by atoms with Crippen molar-refractivity contribution in [1.29, 1.82) is 5.26 Å². The SMILES string of the molecule is COc1cc(C#N)cc(OC)c1-c1csc2c(N(CC3CCOCC3)CC3CC3)c(OC)nn12. The fourth-order valence-electron chi connectivity index (χ4n) is 4.72. The summed E-state index contributed by atoms with van der Waals surface area (Å²) in [4.78, 5) is 3.52. The number of nitrogens with zero attached hydrogens (tertiary/aromatic N) is 4. The Morgan fingerprint density at radius 3 is 2.26 bits per heavy atom. The molecule has 2 aromatic heterocycles. The summed E-state index contributed by atoms with van der Waals surface area (Å²) in [5, 5.41) is 16.3. The van der Waals surface area contributed by atoms with E-state index >= 15 is 0 Å². The molecule has 0 N–H and O–H groups in total. The van der Waals surface area contributed by atoms with Crippen molar-refractivity contribution >= 4 is 21.9 Å². The molecule has 0 amide bonds. The van der Waals surface area contributed by atoms with Gasteiger partial charge in [0.25, 0.3) is 5.88 Å². The van der Waals surface area contributed by atoms with E-state index in [0.717, 1.165) is 66.8 Å². The van der Waals surface area contributed by atoms with E-state index < -0.39 is 0 Å². The quantitative estimate of drug-likeness (QED) is 0.441. The number of nitriles is 1. The van der Waals surface area contributed by atoms with Gasteiger partial charge < -0.3 is 23.8 Å². The molecule has 1 saturated heterocycles. The van der Waals surface area contributed by atoms with Crippen molar-refractivity contribution in [3.63, 3.8) is 0 Å². The Labute approximate surface area is 203 Å². The van der Waals surface area contributed by atoms with Crippen LogP contribution in [0.2, 0.25) is 0 Å². The second-order valence-corrected chi connectivity index (χ2v) is 9.83. The first-order valence-corrected chi connectivity index (χ1v) is 12.6. The van der Waals surface area contributed by atoms with Gasteiger partial charge in [-0.05, 0) is 49.7 Å². The molecule has 3 aromatic rings. The third-order valence-electron chi connectivity index (χ3n) is 6.69. The van der Waals surface area contributed by atoms with Crippen molar-refractivity contribution in [3.8, 4) is 34.7 Å². The highest BCUT2D eigenvalue weighted by molar-refractivity contribution is 7.16. The van der Waals surface area contributed by atoms with Gasteiger partial charge in [0, 0.05) is 31.7 Å². The molecule has 0 unspecified atom stereocenters. The maximum atomic E-state index is 9.41. The van der Waals surface area contributed by atoms with Gasteiger partial charge in [-0.1, -0.05) is 0 Å². The van der Waals surface area contributed by atoms with Crippen molar-refractivity contribution < 1.29 is 18.9 Å². The molecule has 5 rings (SSSR count). The maximum absolute atomic E-state index is 9.41. The first kappa shape index (κ1) is 22.8. The zero-order valence-corrected chi connectivity index (χ0v) is 20.7. The Kier molecular flexibility index (Phi) is 6.53. The highest BCUT2D eigenvalue weighted by Crippen LogP contribution is 2.46. The molecule has 3 heterocycles. The van der Waals surface area contributed by atoms with Gasteiger partial charge in [-0.2, -0.15) is 5.26 Å². The third kappa shape index (κ3) is 4.28. The first-order valence-electron chi connectivity index (χ1n) is 11.7. The van der Waals surface area contributed by atoms with E-state index in [4.69, 9.17) is 24.0 Å². The van der Waals surface area contributed by atoms with E-state index in [0.29, 0.717) is 28.9 Å². The van der Waals surface area contributed by atoms with Crippen molar-refractivity contribution in [3.05, 3.63) is 23.1 Å². The summed E-state index contributed by atoms with van der Waals surface area (Å²) < 4.78 is 24.6. The Morgan fingerprint density at radius 1 is 1.06 bits per heavy atom. The van der Waals surface area contributed by atoms with E-state index in [9.17, 15) is 5.26 Å². The molecule has 180 valence electrons. The fourth-order valence-corrected chi connectivity index (χ4v) is 5.73. The van der Waals surface area contributed by atoms with Gasteiger partial charge in [0.2, 0.25) is 0 Å². The number of anilines is 1. The van der Waals surface area contributed by atoms with Crippen molar-refractivity contribution in [2.75, 3.05) is 52.5 Å². The lowest BCUT2D eigenvalue weighted by atomic mass is 9.99. The van der Waals surface area contributed by atoms with E-state index in [-0.39, 0.29) is 0 Å². The second kappa shape index (κ2) is 9.72. The lowest BCUT2D eigenvalue weighted by Crippen LogP contribution is -2.34. The summed E-state index contributed by atoms with van der Waals surface area (Å²) in [6, 6.07) is 5.63. The Morgan fingerprint density at radius 2 is 1.71 bits per heavy atom. The highest BCUT2D eigenvalue weighted by atomic mass is 32.1. The van der Waals surface area contributed by atoms with Crippen LogP contribution < -0.4 is 19.1 Å². The molecule has 1 aromatic carbocycles. The molecule has 1 saturated carbocycles. The number of hydrogen-bond acceptors (Lipinski definition) is 8. The molecule has 2 aliphatic rings. The van der Waals surface area contributed by atoms with Crippen LogP contribution in [0.1, 0.15) is 31.2 Å². The molecule has 0 bridgehead atoms. The number of methoxy groups -OCH3 is 3. The van der Waals surface area contributed by atoms with E-state index in [1.165, 1.54) is 12.8 Å². The number of rotatable bonds is 9. The monoisotopic (exact) mass is 482 g/mol. The van der Waals surface area contributed by atoms with Crippen LogP contribution in [0, 0.1) is 23.2 Å². The number of benzene rings is 1. The minimum Gasteiger partial charge on any atom is -0.496 e. The van der Waals surface area contributed by atoms with Crippen molar-refractivity contribution in [2.45, 2.75) is 25.7 Å². The molecule has 1 aliphatic heterocycles. The van der Waals surface area contributed by atoms with Gasteiger partial charge in [0.15, 0.2) is 0 Å². The third-order valence-corrected chi connectivity index (χ3v) is 7.62. The van der Waals surface area contributed by atoms with Crippen molar-refractivity contribution in [2.24, 2.45) is 11.8 Å². The summed E-state index contributed by atoms with van der Waals surface area (Å²) >= 11 is 1.64. The van der Waals surface area contributed by atoms with Crippen LogP contribution >= 0.6 is 11.3 Å². The normalized spacial score (nSPS) is 16.4. The average molecular weight is 483 g/mol. The Bertz CT molecular complexity index is 1180. The van der Waals surface area contributed by atoms with Crippen LogP contribution in [0.3, 0.4) is 0 Å². The van der Waals surface area contributed by atoms with Crippen LogP contribution in [0.15, 0.2) is 17.5 Å². The molecule has 0 atom stereocenters. The Balaban J connectivity index is 1.60. The average Bonchev–Trinajstić information content (AvgIpc) is 3.49. The van der Waals surface area contributed by atoms with E-state index in [1.807, 2.05) is 4.52 Å². The number of ether oxygens (including phenoxy) is 4. The van der Waals surface area contributed by atoms with Crippen LogP contribution in [0.5, 0.6) is 17.4 Å². The lowest BCUT2D eigenvalue weighted by Gasteiger charge is -2.31. The summed E-state index contributed by atoms with van der Waals surface area (Å²) in [5.41, 5.74) is 3.16. The first-order chi connectivity index (χ1) is 16.7.